The van der Waals surface area contributed by atoms with Crippen LogP contribution in [0, 0.1) is 17.2 Å². The van der Waals surface area contributed by atoms with Gasteiger partial charge in [-0.3, -0.25) is 0 Å². The van der Waals surface area contributed by atoms with Crippen molar-refractivity contribution >= 4 is 5.69 Å². The van der Waals surface area contributed by atoms with Gasteiger partial charge in [0.2, 0.25) is 0 Å². The Balaban J connectivity index is 1.79. The molecule has 0 radical (unpaired) electrons. The third-order valence-corrected chi connectivity index (χ3v) is 4.59. The van der Waals surface area contributed by atoms with Crippen LogP contribution in [0.4, 0.5) is 5.69 Å². The van der Waals surface area contributed by atoms with Crippen molar-refractivity contribution in [3.8, 4) is 11.8 Å². The van der Waals surface area contributed by atoms with E-state index in [0.29, 0.717) is 11.5 Å². The number of anilines is 1. The van der Waals surface area contributed by atoms with Crippen LogP contribution in [0.25, 0.3) is 0 Å². The van der Waals surface area contributed by atoms with E-state index in [2.05, 4.69) is 11.4 Å². The molecule has 2 aliphatic rings. The first-order valence-electron chi connectivity index (χ1n) is 7.47. The molecule has 2 aliphatic heterocycles. The minimum absolute atomic E-state index is 0.0110. The summed E-state index contributed by atoms with van der Waals surface area (Å²) in [6, 6.07) is 15.4. The lowest BCUT2D eigenvalue weighted by atomic mass is 9.80. The van der Waals surface area contributed by atoms with E-state index in [1.165, 1.54) is 0 Å². The van der Waals surface area contributed by atoms with Gasteiger partial charge in [-0.1, -0.05) is 12.1 Å². The normalized spacial score (nSPS) is 25.7. The molecule has 3 atom stereocenters. The van der Waals surface area contributed by atoms with Crippen molar-refractivity contribution < 1.29 is 9.84 Å². The number of fused-ring (bicyclic) bond motifs is 3. The first-order chi connectivity index (χ1) is 10.8. The largest absolute Gasteiger partial charge is 0.508 e. The van der Waals surface area contributed by atoms with Gasteiger partial charge < -0.3 is 15.2 Å². The summed E-state index contributed by atoms with van der Waals surface area (Å²) >= 11 is 0. The van der Waals surface area contributed by atoms with Crippen LogP contribution in [0.1, 0.15) is 35.3 Å². The minimum Gasteiger partial charge on any atom is -0.508 e. The molecule has 0 saturated carbocycles. The summed E-state index contributed by atoms with van der Waals surface area (Å²) in [5.74, 6) is 0.587. The SMILES string of the molecule is N#Cc1ccc2c(c1)[C@H]1OCC[C@H]1[C@@H](c1cccc(O)c1)N2. The number of nitrogens with zero attached hydrogens (tertiary/aromatic N) is 1. The zero-order valence-electron chi connectivity index (χ0n) is 12.0. The molecule has 0 amide bonds. The Morgan fingerprint density at radius 3 is 2.95 bits per heavy atom. The summed E-state index contributed by atoms with van der Waals surface area (Å²) < 4.78 is 5.95. The van der Waals surface area contributed by atoms with E-state index < -0.39 is 0 Å². The molecule has 0 spiro atoms. The highest BCUT2D eigenvalue weighted by molar-refractivity contribution is 5.60. The molecule has 22 heavy (non-hydrogen) atoms. The van der Waals surface area contributed by atoms with E-state index in [1.54, 1.807) is 6.07 Å². The van der Waals surface area contributed by atoms with E-state index in [1.807, 2.05) is 36.4 Å². The van der Waals surface area contributed by atoms with Gasteiger partial charge >= 0.3 is 0 Å². The predicted octanol–water partition coefficient (Wildman–Crippen LogP) is 3.51. The minimum atomic E-state index is 0.0110. The number of nitriles is 1. The topological polar surface area (TPSA) is 65.3 Å². The van der Waals surface area contributed by atoms with Crippen molar-refractivity contribution in [1.29, 1.82) is 5.26 Å². The molecule has 2 aromatic carbocycles. The molecule has 4 heteroatoms. The quantitative estimate of drug-likeness (QED) is 0.844. The second-order valence-electron chi connectivity index (χ2n) is 5.87. The summed E-state index contributed by atoms with van der Waals surface area (Å²) in [4.78, 5) is 0. The fourth-order valence-corrected chi connectivity index (χ4v) is 3.59. The van der Waals surface area contributed by atoms with Crippen molar-refractivity contribution in [2.24, 2.45) is 5.92 Å². The molecule has 2 heterocycles. The molecule has 1 saturated heterocycles. The highest BCUT2D eigenvalue weighted by atomic mass is 16.5. The number of aromatic hydroxyl groups is 1. The average Bonchev–Trinajstić information content (AvgIpc) is 3.03. The fraction of sp³-hybridized carbons (Fsp3) is 0.278. The van der Waals surface area contributed by atoms with E-state index in [9.17, 15) is 5.11 Å². The lowest BCUT2D eigenvalue weighted by molar-refractivity contribution is 0.0829. The van der Waals surface area contributed by atoms with Crippen LogP contribution in [0.5, 0.6) is 5.75 Å². The number of phenols is 1. The van der Waals surface area contributed by atoms with Crippen LogP contribution in [0.15, 0.2) is 42.5 Å². The van der Waals surface area contributed by atoms with Gasteiger partial charge in [0.25, 0.3) is 0 Å². The fourth-order valence-electron chi connectivity index (χ4n) is 3.59. The molecule has 4 rings (SSSR count). The molecule has 4 nitrogen and oxygen atoms in total. The van der Waals surface area contributed by atoms with E-state index >= 15 is 0 Å². The highest BCUT2D eigenvalue weighted by Crippen LogP contribution is 2.50. The van der Waals surface area contributed by atoms with Crippen LogP contribution < -0.4 is 5.32 Å². The molecule has 2 aromatic rings. The maximum Gasteiger partial charge on any atom is 0.115 e. The van der Waals surface area contributed by atoms with Crippen molar-refractivity contribution in [2.45, 2.75) is 18.6 Å². The van der Waals surface area contributed by atoms with Crippen molar-refractivity contribution in [3.63, 3.8) is 0 Å². The molecule has 2 N–H and O–H groups in total. The third kappa shape index (κ3) is 2.02. The monoisotopic (exact) mass is 292 g/mol. The number of phenolic OH excluding ortho intramolecular Hbond substituents is 1. The van der Waals surface area contributed by atoms with Crippen LogP contribution in [-0.4, -0.2) is 11.7 Å². The van der Waals surface area contributed by atoms with Gasteiger partial charge in [0.1, 0.15) is 5.75 Å². The maximum absolute atomic E-state index is 9.75. The van der Waals surface area contributed by atoms with Crippen molar-refractivity contribution in [1.82, 2.24) is 0 Å². The lowest BCUT2D eigenvalue weighted by Crippen LogP contribution is -2.29. The lowest BCUT2D eigenvalue weighted by Gasteiger charge is -2.36. The van der Waals surface area contributed by atoms with Gasteiger partial charge in [0, 0.05) is 23.8 Å². The number of rotatable bonds is 1. The van der Waals surface area contributed by atoms with Gasteiger partial charge in [-0.2, -0.15) is 5.26 Å². The first-order valence-corrected chi connectivity index (χ1v) is 7.47. The zero-order valence-corrected chi connectivity index (χ0v) is 12.0. The summed E-state index contributed by atoms with van der Waals surface area (Å²) in [5, 5.41) is 22.4. The van der Waals surface area contributed by atoms with Crippen molar-refractivity contribution in [3.05, 3.63) is 59.2 Å². The Morgan fingerprint density at radius 1 is 1.23 bits per heavy atom. The van der Waals surface area contributed by atoms with Gasteiger partial charge in [0.15, 0.2) is 0 Å². The number of ether oxygens (including phenoxy) is 1. The predicted molar refractivity (Wildman–Crippen MR) is 82.4 cm³/mol. The number of hydrogen-bond acceptors (Lipinski definition) is 4. The highest BCUT2D eigenvalue weighted by Gasteiger charge is 2.41. The second kappa shape index (κ2) is 5.04. The van der Waals surface area contributed by atoms with E-state index in [-0.39, 0.29) is 17.9 Å². The summed E-state index contributed by atoms with van der Waals surface area (Å²) in [6.45, 7) is 0.725. The molecule has 0 unspecified atom stereocenters. The van der Waals surface area contributed by atoms with Crippen LogP contribution >= 0.6 is 0 Å². The Hall–Kier alpha value is -2.51. The maximum atomic E-state index is 9.75. The number of hydrogen-bond donors (Lipinski definition) is 2. The Labute approximate surface area is 129 Å². The van der Waals surface area contributed by atoms with Gasteiger partial charge in [-0.05, 0) is 42.3 Å². The van der Waals surface area contributed by atoms with Crippen molar-refractivity contribution in [2.75, 3.05) is 11.9 Å². The van der Waals surface area contributed by atoms with Crippen LogP contribution in [0.2, 0.25) is 0 Å². The Morgan fingerprint density at radius 2 is 2.14 bits per heavy atom. The smallest absolute Gasteiger partial charge is 0.115 e. The average molecular weight is 292 g/mol. The molecular formula is C18H16N2O2. The summed E-state index contributed by atoms with van der Waals surface area (Å²) in [5.41, 5.74) is 3.80. The molecule has 110 valence electrons. The van der Waals surface area contributed by atoms with Gasteiger partial charge in [-0.15, -0.1) is 0 Å². The third-order valence-electron chi connectivity index (χ3n) is 4.59. The summed E-state index contributed by atoms with van der Waals surface area (Å²) in [7, 11) is 0. The molecular weight excluding hydrogens is 276 g/mol. The molecule has 0 aliphatic carbocycles. The second-order valence-corrected chi connectivity index (χ2v) is 5.87. The number of nitrogens with one attached hydrogen (secondary N) is 1. The van der Waals surface area contributed by atoms with E-state index in [4.69, 9.17) is 10.00 Å². The zero-order chi connectivity index (χ0) is 15.1. The first kappa shape index (κ1) is 13.2. The molecule has 0 bridgehead atoms. The molecule has 0 aromatic heterocycles. The molecule has 1 fully saturated rings. The van der Waals surface area contributed by atoms with E-state index in [0.717, 1.165) is 29.8 Å². The Bertz CT molecular complexity index is 766. The van der Waals surface area contributed by atoms with Crippen LogP contribution in [-0.2, 0) is 4.74 Å². The number of benzene rings is 2. The van der Waals surface area contributed by atoms with Gasteiger partial charge in [-0.25, -0.2) is 0 Å². The summed E-state index contributed by atoms with van der Waals surface area (Å²) in [6.07, 6.45) is 0.977. The van der Waals surface area contributed by atoms with Gasteiger partial charge in [0.05, 0.1) is 23.8 Å². The van der Waals surface area contributed by atoms with Crippen LogP contribution in [0.3, 0.4) is 0 Å². The standard InChI is InChI=1S/C18H16N2O2/c19-10-11-4-5-16-15(8-11)18-14(6-7-22-18)17(20-16)12-2-1-3-13(21)9-12/h1-5,8-9,14,17-18,20-21H,6-7H2/t14-,17+,18-/m0/s1. The Kier molecular flexibility index (Phi) is 3.02.